The second-order valence-corrected chi connectivity index (χ2v) is 9.01. The quantitative estimate of drug-likeness (QED) is 0.459. The van der Waals surface area contributed by atoms with Crippen molar-refractivity contribution in [2.45, 2.75) is 32.2 Å². The molecule has 0 aliphatic carbocycles. The Kier molecular flexibility index (Phi) is 9.79. The van der Waals surface area contributed by atoms with Gasteiger partial charge in [-0.3, -0.25) is 19.3 Å². The first kappa shape index (κ1) is 25.7. The lowest BCUT2D eigenvalue weighted by atomic mass is 10.0. The number of morpholine rings is 1. The molecule has 2 aliphatic heterocycles. The van der Waals surface area contributed by atoms with Gasteiger partial charge in [0.05, 0.1) is 32.8 Å². The molecular formula is C23H31Cl2N3O5. The molecule has 1 atom stereocenters. The van der Waals surface area contributed by atoms with Crippen LogP contribution in [0.5, 0.6) is 0 Å². The van der Waals surface area contributed by atoms with Crippen LogP contribution in [0, 0.1) is 0 Å². The maximum atomic E-state index is 13.3. The van der Waals surface area contributed by atoms with Gasteiger partial charge in [-0.15, -0.1) is 0 Å². The van der Waals surface area contributed by atoms with Gasteiger partial charge in [-0.1, -0.05) is 29.3 Å². The predicted octanol–water partition coefficient (Wildman–Crippen LogP) is 2.25. The predicted molar refractivity (Wildman–Crippen MR) is 125 cm³/mol. The molecule has 33 heavy (non-hydrogen) atoms. The van der Waals surface area contributed by atoms with E-state index in [1.165, 1.54) is 4.90 Å². The SMILES string of the molecule is CCOC(=O)CC1C(=O)N(CCc2ccc(Cl)cc2Cl)CC(=O)N1CCCN1CCOCC1. The van der Waals surface area contributed by atoms with E-state index in [9.17, 15) is 14.4 Å². The van der Waals surface area contributed by atoms with Crippen LogP contribution in [0.2, 0.25) is 10.0 Å². The first-order valence-electron chi connectivity index (χ1n) is 11.4. The van der Waals surface area contributed by atoms with Gasteiger partial charge in [0.25, 0.3) is 0 Å². The number of carbonyl (C=O) groups is 3. The van der Waals surface area contributed by atoms with Crippen molar-refractivity contribution in [1.29, 1.82) is 0 Å². The third-order valence-electron chi connectivity index (χ3n) is 5.93. The minimum Gasteiger partial charge on any atom is -0.466 e. The van der Waals surface area contributed by atoms with E-state index in [-0.39, 0.29) is 31.4 Å². The highest BCUT2D eigenvalue weighted by molar-refractivity contribution is 6.35. The van der Waals surface area contributed by atoms with E-state index in [4.69, 9.17) is 32.7 Å². The first-order valence-corrected chi connectivity index (χ1v) is 12.1. The van der Waals surface area contributed by atoms with Crippen LogP contribution in [0.15, 0.2) is 18.2 Å². The Balaban J connectivity index is 1.64. The van der Waals surface area contributed by atoms with Crippen molar-refractivity contribution in [1.82, 2.24) is 14.7 Å². The number of rotatable bonds is 10. The van der Waals surface area contributed by atoms with Crippen LogP contribution in [0.1, 0.15) is 25.3 Å². The molecule has 10 heteroatoms. The van der Waals surface area contributed by atoms with Crippen LogP contribution in [0.4, 0.5) is 0 Å². The Labute approximate surface area is 204 Å². The Bertz CT molecular complexity index is 847. The number of hydrogen-bond donors (Lipinski definition) is 0. The lowest BCUT2D eigenvalue weighted by Crippen LogP contribution is -2.61. The van der Waals surface area contributed by atoms with Crippen LogP contribution >= 0.6 is 23.2 Å². The molecular weight excluding hydrogens is 469 g/mol. The number of esters is 1. The molecule has 0 aromatic heterocycles. The van der Waals surface area contributed by atoms with Crippen molar-refractivity contribution in [3.63, 3.8) is 0 Å². The molecule has 2 heterocycles. The molecule has 182 valence electrons. The van der Waals surface area contributed by atoms with Gasteiger partial charge in [-0.25, -0.2) is 0 Å². The molecule has 1 unspecified atom stereocenters. The average molecular weight is 500 g/mol. The lowest BCUT2D eigenvalue weighted by Gasteiger charge is -2.40. The molecule has 2 aliphatic rings. The number of hydrogen-bond acceptors (Lipinski definition) is 6. The number of amides is 2. The van der Waals surface area contributed by atoms with Crippen LogP contribution in [-0.4, -0.2) is 97.6 Å². The molecule has 2 fully saturated rings. The van der Waals surface area contributed by atoms with Gasteiger partial charge < -0.3 is 19.3 Å². The van der Waals surface area contributed by atoms with Crippen LogP contribution < -0.4 is 0 Å². The molecule has 1 aromatic carbocycles. The highest BCUT2D eigenvalue weighted by Gasteiger charge is 2.40. The summed E-state index contributed by atoms with van der Waals surface area (Å²) >= 11 is 12.2. The number of benzene rings is 1. The molecule has 8 nitrogen and oxygen atoms in total. The second kappa shape index (κ2) is 12.6. The highest BCUT2D eigenvalue weighted by atomic mass is 35.5. The summed E-state index contributed by atoms with van der Waals surface area (Å²) in [5.74, 6) is -0.878. The van der Waals surface area contributed by atoms with Gasteiger partial charge >= 0.3 is 5.97 Å². The third kappa shape index (κ3) is 7.30. The van der Waals surface area contributed by atoms with E-state index in [0.29, 0.717) is 42.8 Å². The topological polar surface area (TPSA) is 79.4 Å². The van der Waals surface area contributed by atoms with Crippen molar-refractivity contribution in [2.75, 3.05) is 59.1 Å². The molecule has 2 amide bonds. The van der Waals surface area contributed by atoms with Crippen molar-refractivity contribution >= 4 is 41.0 Å². The Morgan fingerprint density at radius 1 is 1.15 bits per heavy atom. The molecule has 1 aromatic rings. The summed E-state index contributed by atoms with van der Waals surface area (Å²) in [6.45, 7) is 6.62. The monoisotopic (exact) mass is 499 g/mol. The van der Waals surface area contributed by atoms with E-state index < -0.39 is 12.0 Å². The van der Waals surface area contributed by atoms with Crippen molar-refractivity contribution in [3.8, 4) is 0 Å². The normalized spacial score (nSPS) is 19.8. The molecule has 0 N–H and O–H groups in total. The van der Waals surface area contributed by atoms with Crippen molar-refractivity contribution in [3.05, 3.63) is 33.8 Å². The van der Waals surface area contributed by atoms with Gasteiger partial charge in [0.15, 0.2) is 0 Å². The maximum absolute atomic E-state index is 13.3. The summed E-state index contributed by atoms with van der Waals surface area (Å²) < 4.78 is 10.4. The van der Waals surface area contributed by atoms with Crippen molar-refractivity contribution in [2.24, 2.45) is 0 Å². The zero-order valence-electron chi connectivity index (χ0n) is 18.9. The number of piperazine rings is 1. The first-order chi connectivity index (χ1) is 15.9. The van der Waals surface area contributed by atoms with Crippen LogP contribution in [0.3, 0.4) is 0 Å². The lowest BCUT2D eigenvalue weighted by molar-refractivity contribution is -0.160. The van der Waals surface area contributed by atoms with E-state index in [2.05, 4.69) is 4.90 Å². The Morgan fingerprint density at radius 3 is 2.61 bits per heavy atom. The van der Waals surface area contributed by atoms with Gasteiger partial charge in [0, 0.05) is 42.8 Å². The minimum absolute atomic E-state index is 0.0130. The Morgan fingerprint density at radius 2 is 1.91 bits per heavy atom. The molecule has 2 saturated heterocycles. The Hall–Kier alpha value is -1.87. The molecule has 0 saturated carbocycles. The van der Waals surface area contributed by atoms with Gasteiger partial charge in [0.1, 0.15) is 6.04 Å². The summed E-state index contributed by atoms with van der Waals surface area (Å²) in [6, 6.07) is 4.36. The number of ether oxygens (including phenoxy) is 2. The van der Waals surface area contributed by atoms with Gasteiger partial charge in [-0.05, 0) is 37.5 Å². The van der Waals surface area contributed by atoms with Gasteiger partial charge in [-0.2, -0.15) is 0 Å². The van der Waals surface area contributed by atoms with Crippen LogP contribution in [0.25, 0.3) is 0 Å². The fourth-order valence-corrected chi connectivity index (χ4v) is 4.67. The molecule has 0 spiro atoms. The van der Waals surface area contributed by atoms with E-state index in [0.717, 1.165) is 31.6 Å². The number of nitrogens with zero attached hydrogens (tertiary/aromatic N) is 3. The highest BCUT2D eigenvalue weighted by Crippen LogP contribution is 2.23. The van der Waals surface area contributed by atoms with Gasteiger partial charge in [0.2, 0.25) is 11.8 Å². The van der Waals surface area contributed by atoms with Crippen molar-refractivity contribution < 1.29 is 23.9 Å². The zero-order valence-corrected chi connectivity index (χ0v) is 20.4. The number of halogens is 2. The zero-order chi connectivity index (χ0) is 23.8. The molecule has 0 radical (unpaired) electrons. The number of carbonyl (C=O) groups excluding carboxylic acids is 3. The molecule has 0 bridgehead atoms. The largest absolute Gasteiger partial charge is 0.466 e. The molecule has 3 rings (SSSR count). The van der Waals surface area contributed by atoms with Crippen LogP contribution in [-0.2, 0) is 30.3 Å². The third-order valence-corrected chi connectivity index (χ3v) is 6.51. The summed E-state index contributed by atoms with van der Waals surface area (Å²) in [7, 11) is 0. The van der Waals surface area contributed by atoms with E-state index in [1.807, 2.05) is 6.07 Å². The van der Waals surface area contributed by atoms with E-state index in [1.54, 1.807) is 24.0 Å². The smallest absolute Gasteiger partial charge is 0.308 e. The summed E-state index contributed by atoms with van der Waals surface area (Å²) in [4.78, 5) is 43.8. The summed E-state index contributed by atoms with van der Waals surface area (Å²) in [5, 5.41) is 1.06. The second-order valence-electron chi connectivity index (χ2n) is 8.17. The minimum atomic E-state index is -0.851. The van der Waals surface area contributed by atoms with E-state index >= 15 is 0 Å². The summed E-state index contributed by atoms with van der Waals surface area (Å²) in [6.07, 6.45) is 1.06. The summed E-state index contributed by atoms with van der Waals surface area (Å²) in [5.41, 5.74) is 0.844. The standard InChI is InChI=1S/C23H31Cl2N3O5/c1-2-33-22(30)15-20-23(31)27(9-6-17-4-5-18(24)14-19(17)25)16-21(29)28(20)8-3-7-26-10-12-32-13-11-26/h4-5,14,20H,2-3,6-13,15-16H2,1H3. The maximum Gasteiger partial charge on any atom is 0.308 e. The fraction of sp³-hybridized carbons (Fsp3) is 0.609. The average Bonchev–Trinajstić information content (AvgIpc) is 2.79. The fourth-order valence-electron chi connectivity index (χ4n) is 4.16.